The Bertz CT molecular complexity index is 1550. The molecule has 0 radical (unpaired) electrons. The molecule has 0 aromatic heterocycles. The summed E-state index contributed by atoms with van der Waals surface area (Å²) in [7, 11) is 0. The van der Waals surface area contributed by atoms with Gasteiger partial charge < -0.3 is 29.3 Å². The molecule has 3 aliphatic rings. The molecule has 3 aliphatic heterocycles. The standard InChI is InChI=1S/C38H48ClN3O6/c1-8-19-40(26-15-17-28(18-16-26)47-10-3)34(44)31-32-35(45)42(27(23-43)21-24(4)5)33(38(32)22-25(6)37(31,7)48-38)36(46)41(20-9-2)30-14-12-11-13-29(30)39/h8-9,11-18,24-25,27,31-33,43H,1-2,10,19-23H2,3-7H3/t25?,27-,31+,32+,33?,37-,38?/m1/s1. The van der Waals surface area contributed by atoms with E-state index in [4.69, 9.17) is 21.1 Å². The van der Waals surface area contributed by atoms with Crippen LogP contribution in [0.15, 0.2) is 73.8 Å². The third-order valence-corrected chi connectivity index (χ3v) is 10.7. The van der Waals surface area contributed by atoms with Crippen LogP contribution in [0.4, 0.5) is 11.4 Å². The molecule has 9 nitrogen and oxygen atoms in total. The molecule has 7 atom stereocenters. The second kappa shape index (κ2) is 14.1. The highest BCUT2D eigenvalue weighted by molar-refractivity contribution is 6.34. The monoisotopic (exact) mass is 677 g/mol. The van der Waals surface area contributed by atoms with Crippen LogP contribution < -0.4 is 14.5 Å². The molecular weight excluding hydrogens is 630 g/mol. The Labute approximate surface area is 289 Å². The number of aliphatic hydroxyl groups excluding tert-OH is 1. The van der Waals surface area contributed by atoms with E-state index in [-0.39, 0.29) is 49.3 Å². The van der Waals surface area contributed by atoms with Gasteiger partial charge in [0.2, 0.25) is 11.8 Å². The van der Waals surface area contributed by atoms with Crippen LogP contribution in [-0.4, -0.2) is 77.3 Å². The summed E-state index contributed by atoms with van der Waals surface area (Å²) in [6.45, 7) is 18.1. The molecule has 3 heterocycles. The fourth-order valence-corrected chi connectivity index (χ4v) is 8.55. The van der Waals surface area contributed by atoms with Gasteiger partial charge >= 0.3 is 0 Å². The predicted octanol–water partition coefficient (Wildman–Crippen LogP) is 5.89. The molecule has 1 spiro atoms. The van der Waals surface area contributed by atoms with Gasteiger partial charge in [-0.2, -0.15) is 0 Å². The van der Waals surface area contributed by atoms with E-state index in [1.54, 1.807) is 41.3 Å². The molecule has 3 saturated heterocycles. The maximum Gasteiger partial charge on any atom is 0.253 e. The van der Waals surface area contributed by atoms with Crippen LogP contribution in [0, 0.1) is 23.7 Å². The first-order valence-corrected chi connectivity index (χ1v) is 17.2. The highest BCUT2D eigenvalue weighted by Gasteiger charge is 2.80. The normalized spacial score (nSPS) is 27.9. The molecule has 10 heteroatoms. The summed E-state index contributed by atoms with van der Waals surface area (Å²) in [5.74, 6) is -2.24. The quantitative estimate of drug-likeness (QED) is 0.250. The molecular formula is C38H48ClN3O6. The van der Waals surface area contributed by atoms with Gasteiger partial charge in [-0.1, -0.05) is 56.7 Å². The van der Waals surface area contributed by atoms with Crippen LogP contribution in [0.1, 0.15) is 47.5 Å². The number of ether oxygens (including phenoxy) is 2. The van der Waals surface area contributed by atoms with Crippen molar-refractivity contribution in [3.63, 3.8) is 0 Å². The summed E-state index contributed by atoms with van der Waals surface area (Å²) in [4.78, 5) is 49.6. The number of likely N-dealkylation sites (tertiary alicyclic amines) is 1. The molecule has 258 valence electrons. The minimum atomic E-state index is -1.31. The summed E-state index contributed by atoms with van der Waals surface area (Å²) in [6, 6.07) is 12.5. The predicted molar refractivity (Wildman–Crippen MR) is 188 cm³/mol. The van der Waals surface area contributed by atoms with Crippen LogP contribution in [0.25, 0.3) is 0 Å². The van der Waals surface area contributed by atoms with E-state index >= 15 is 4.79 Å². The zero-order valence-electron chi connectivity index (χ0n) is 28.6. The number of rotatable bonds is 14. The van der Waals surface area contributed by atoms with E-state index < -0.39 is 35.1 Å². The second-order valence-electron chi connectivity index (χ2n) is 13.8. The van der Waals surface area contributed by atoms with Gasteiger partial charge in [0.1, 0.15) is 17.4 Å². The van der Waals surface area contributed by atoms with E-state index in [0.717, 1.165) is 0 Å². The van der Waals surface area contributed by atoms with Crippen LogP contribution in [0.2, 0.25) is 5.02 Å². The molecule has 1 N–H and O–H groups in total. The maximum atomic E-state index is 15.0. The Hall–Kier alpha value is -3.66. The lowest BCUT2D eigenvalue weighted by atomic mass is 9.62. The Morgan fingerprint density at radius 3 is 2.33 bits per heavy atom. The Balaban J connectivity index is 1.65. The van der Waals surface area contributed by atoms with E-state index in [1.807, 2.05) is 58.9 Å². The summed E-state index contributed by atoms with van der Waals surface area (Å²) < 4.78 is 12.6. The first-order chi connectivity index (χ1) is 22.9. The Kier molecular flexibility index (Phi) is 10.4. The molecule has 3 unspecified atom stereocenters. The zero-order valence-corrected chi connectivity index (χ0v) is 29.4. The number of amides is 3. The van der Waals surface area contributed by atoms with Gasteiger partial charge in [0, 0.05) is 18.8 Å². The number of carbonyl (C=O) groups excluding carboxylic acids is 3. The highest BCUT2D eigenvalue weighted by atomic mass is 35.5. The molecule has 3 fully saturated rings. The molecule has 2 bridgehead atoms. The van der Waals surface area contributed by atoms with Gasteiger partial charge in [-0.05, 0) is 74.9 Å². The van der Waals surface area contributed by atoms with Crippen LogP contribution >= 0.6 is 11.6 Å². The lowest BCUT2D eigenvalue weighted by Crippen LogP contribution is -2.59. The zero-order chi connectivity index (χ0) is 35.0. The number of para-hydroxylation sites is 1. The van der Waals surface area contributed by atoms with Crippen molar-refractivity contribution < 1.29 is 29.0 Å². The van der Waals surface area contributed by atoms with E-state index in [0.29, 0.717) is 41.6 Å². The lowest BCUT2D eigenvalue weighted by Gasteiger charge is -2.40. The average Bonchev–Trinajstić information content (AvgIpc) is 3.58. The third kappa shape index (κ3) is 5.84. The molecule has 48 heavy (non-hydrogen) atoms. The first-order valence-electron chi connectivity index (χ1n) is 16.8. The highest BCUT2D eigenvalue weighted by Crippen LogP contribution is 2.66. The third-order valence-electron chi connectivity index (χ3n) is 10.4. The summed E-state index contributed by atoms with van der Waals surface area (Å²) >= 11 is 6.63. The largest absolute Gasteiger partial charge is 0.494 e. The first kappa shape index (κ1) is 35.6. The number of aliphatic hydroxyl groups is 1. The minimum Gasteiger partial charge on any atom is -0.494 e. The van der Waals surface area contributed by atoms with E-state index in [1.165, 1.54) is 9.80 Å². The fraction of sp³-hybridized carbons (Fsp3) is 0.500. The van der Waals surface area contributed by atoms with Gasteiger partial charge in [0.15, 0.2) is 0 Å². The van der Waals surface area contributed by atoms with Crippen LogP contribution in [0.5, 0.6) is 5.75 Å². The number of hydrogen-bond acceptors (Lipinski definition) is 6. The number of hydrogen-bond donors (Lipinski definition) is 1. The second-order valence-corrected chi connectivity index (χ2v) is 14.2. The molecule has 3 amide bonds. The molecule has 5 rings (SSSR count). The molecule has 0 aliphatic carbocycles. The lowest BCUT2D eigenvalue weighted by molar-refractivity contribution is -0.149. The van der Waals surface area contributed by atoms with Gasteiger partial charge in [0.25, 0.3) is 5.91 Å². The number of fused-ring (bicyclic) bond motifs is 1. The number of halogens is 1. The minimum absolute atomic E-state index is 0.116. The summed E-state index contributed by atoms with van der Waals surface area (Å²) in [6.07, 6.45) is 4.12. The number of anilines is 2. The number of nitrogens with zero attached hydrogens (tertiary/aromatic N) is 3. The van der Waals surface area contributed by atoms with Crippen molar-refractivity contribution in [2.45, 2.75) is 70.7 Å². The van der Waals surface area contributed by atoms with Crippen molar-refractivity contribution in [2.75, 3.05) is 36.1 Å². The average molecular weight is 678 g/mol. The van der Waals surface area contributed by atoms with Crippen LogP contribution in [-0.2, 0) is 19.1 Å². The fourth-order valence-electron chi connectivity index (χ4n) is 8.31. The van der Waals surface area contributed by atoms with Gasteiger partial charge in [0.05, 0.1) is 47.4 Å². The number of carbonyl (C=O) groups is 3. The molecule has 2 aromatic rings. The molecule has 0 saturated carbocycles. The van der Waals surface area contributed by atoms with Crippen molar-refractivity contribution in [2.24, 2.45) is 23.7 Å². The SMILES string of the molecule is C=CCN(C(=O)[C@@H]1[C@H]2C(=O)N([C@@H](CO)CC(C)C)C(C(=O)N(CC=C)c3ccccc3Cl)C23CC(C)[C@@]1(C)O3)c1ccc(OCC)cc1. The Morgan fingerprint density at radius 1 is 1.10 bits per heavy atom. The van der Waals surface area contributed by atoms with E-state index in [9.17, 15) is 14.7 Å². The van der Waals surface area contributed by atoms with E-state index in [2.05, 4.69) is 13.2 Å². The van der Waals surface area contributed by atoms with Gasteiger partial charge in [-0.15, -0.1) is 13.2 Å². The number of benzene rings is 2. The van der Waals surface area contributed by atoms with Crippen molar-refractivity contribution in [1.82, 2.24) is 4.90 Å². The van der Waals surface area contributed by atoms with Crippen LogP contribution in [0.3, 0.4) is 0 Å². The van der Waals surface area contributed by atoms with Crippen molar-refractivity contribution >= 4 is 40.7 Å². The maximum absolute atomic E-state index is 15.0. The summed E-state index contributed by atoms with van der Waals surface area (Å²) in [5, 5.41) is 11.1. The van der Waals surface area contributed by atoms with Crippen molar-refractivity contribution in [1.29, 1.82) is 0 Å². The van der Waals surface area contributed by atoms with Gasteiger partial charge in [-0.3, -0.25) is 14.4 Å². The summed E-state index contributed by atoms with van der Waals surface area (Å²) in [5.41, 5.74) is -1.23. The van der Waals surface area contributed by atoms with Crippen molar-refractivity contribution in [3.8, 4) is 5.75 Å². The van der Waals surface area contributed by atoms with Gasteiger partial charge in [-0.25, -0.2) is 0 Å². The topological polar surface area (TPSA) is 99.6 Å². The smallest absolute Gasteiger partial charge is 0.253 e. The van der Waals surface area contributed by atoms with Crippen molar-refractivity contribution in [3.05, 3.63) is 78.9 Å². The Morgan fingerprint density at radius 2 is 1.75 bits per heavy atom. The molecule has 2 aromatic carbocycles.